The molecule has 0 radical (unpaired) electrons. The summed E-state index contributed by atoms with van der Waals surface area (Å²) in [6.45, 7) is 8.36. The standard InChI is InChI=1S/C15H25N3O2/c1-10(2)13(19)7-9-17-15(20)12-6-5-8-16-14(12)18-11(3)4/h5-6,8,10-11,13,19H,7,9H2,1-4H3,(H,16,18)(H,17,20). The molecule has 0 fully saturated rings. The van der Waals surface area contributed by atoms with E-state index in [9.17, 15) is 9.90 Å². The number of hydrogen-bond acceptors (Lipinski definition) is 4. The minimum atomic E-state index is -0.391. The summed E-state index contributed by atoms with van der Waals surface area (Å²) in [6, 6.07) is 3.69. The molecule has 20 heavy (non-hydrogen) atoms. The molecule has 1 aromatic heterocycles. The van der Waals surface area contributed by atoms with Crippen LogP contribution in [-0.4, -0.2) is 34.7 Å². The number of nitrogens with zero attached hydrogens (tertiary/aromatic N) is 1. The molecule has 0 aliphatic carbocycles. The number of amides is 1. The van der Waals surface area contributed by atoms with Crippen molar-refractivity contribution in [1.29, 1.82) is 0 Å². The van der Waals surface area contributed by atoms with Crippen LogP contribution in [0.3, 0.4) is 0 Å². The fourth-order valence-corrected chi connectivity index (χ4v) is 1.74. The minimum absolute atomic E-state index is 0.169. The number of aliphatic hydroxyl groups excluding tert-OH is 1. The maximum absolute atomic E-state index is 12.1. The lowest BCUT2D eigenvalue weighted by Gasteiger charge is -2.16. The number of carbonyl (C=O) groups excluding carboxylic acids is 1. The number of pyridine rings is 1. The maximum Gasteiger partial charge on any atom is 0.255 e. The highest BCUT2D eigenvalue weighted by Gasteiger charge is 2.14. The number of aromatic nitrogens is 1. The molecule has 3 N–H and O–H groups in total. The van der Waals surface area contributed by atoms with Crippen LogP contribution in [0.25, 0.3) is 0 Å². The van der Waals surface area contributed by atoms with Crippen LogP contribution < -0.4 is 10.6 Å². The number of carbonyl (C=O) groups is 1. The Morgan fingerprint density at radius 2 is 2.05 bits per heavy atom. The lowest BCUT2D eigenvalue weighted by molar-refractivity contribution is 0.0920. The Kier molecular flexibility index (Phi) is 6.45. The Morgan fingerprint density at radius 1 is 1.35 bits per heavy atom. The summed E-state index contributed by atoms with van der Waals surface area (Å²) in [4.78, 5) is 16.3. The normalized spacial score (nSPS) is 12.6. The smallest absolute Gasteiger partial charge is 0.255 e. The monoisotopic (exact) mass is 279 g/mol. The molecule has 0 aliphatic rings. The maximum atomic E-state index is 12.1. The van der Waals surface area contributed by atoms with Gasteiger partial charge in [-0.3, -0.25) is 4.79 Å². The molecular weight excluding hydrogens is 254 g/mol. The van der Waals surface area contributed by atoms with Crippen molar-refractivity contribution in [2.75, 3.05) is 11.9 Å². The van der Waals surface area contributed by atoms with Crippen molar-refractivity contribution in [1.82, 2.24) is 10.3 Å². The van der Waals surface area contributed by atoms with Gasteiger partial charge in [0.2, 0.25) is 0 Å². The number of rotatable bonds is 7. The number of hydrogen-bond donors (Lipinski definition) is 3. The first-order chi connectivity index (χ1) is 9.41. The van der Waals surface area contributed by atoms with Gasteiger partial charge in [0.05, 0.1) is 11.7 Å². The van der Waals surface area contributed by atoms with Crippen LogP contribution in [0.2, 0.25) is 0 Å². The molecule has 1 aromatic rings. The average Bonchev–Trinajstić information content (AvgIpc) is 2.38. The third-order valence-electron chi connectivity index (χ3n) is 2.97. The van der Waals surface area contributed by atoms with Crippen molar-refractivity contribution >= 4 is 11.7 Å². The van der Waals surface area contributed by atoms with Crippen LogP contribution in [0.1, 0.15) is 44.5 Å². The lowest BCUT2D eigenvalue weighted by atomic mass is 10.0. The molecule has 1 heterocycles. The number of nitrogens with one attached hydrogen (secondary N) is 2. The predicted octanol–water partition coefficient (Wildman–Crippen LogP) is 2.04. The lowest BCUT2D eigenvalue weighted by Crippen LogP contribution is -2.29. The largest absolute Gasteiger partial charge is 0.393 e. The van der Waals surface area contributed by atoms with Crippen molar-refractivity contribution in [3.63, 3.8) is 0 Å². The van der Waals surface area contributed by atoms with E-state index in [2.05, 4.69) is 15.6 Å². The molecule has 0 aromatic carbocycles. The third kappa shape index (κ3) is 5.17. The zero-order valence-corrected chi connectivity index (χ0v) is 12.7. The van der Waals surface area contributed by atoms with Gasteiger partial charge in [0, 0.05) is 18.8 Å². The second-order valence-electron chi connectivity index (χ2n) is 5.55. The van der Waals surface area contributed by atoms with Crippen LogP contribution in [0.4, 0.5) is 5.82 Å². The van der Waals surface area contributed by atoms with Crippen molar-refractivity contribution in [2.24, 2.45) is 5.92 Å². The van der Waals surface area contributed by atoms with Gasteiger partial charge in [-0.25, -0.2) is 4.98 Å². The van der Waals surface area contributed by atoms with Crippen LogP contribution in [0.15, 0.2) is 18.3 Å². The van der Waals surface area contributed by atoms with Gasteiger partial charge < -0.3 is 15.7 Å². The first-order valence-electron chi connectivity index (χ1n) is 7.09. The summed E-state index contributed by atoms with van der Waals surface area (Å²) in [5.74, 6) is 0.616. The minimum Gasteiger partial charge on any atom is -0.393 e. The van der Waals surface area contributed by atoms with Gasteiger partial charge >= 0.3 is 0 Å². The molecule has 0 bridgehead atoms. The fourth-order valence-electron chi connectivity index (χ4n) is 1.74. The van der Waals surface area contributed by atoms with Gasteiger partial charge in [-0.05, 0) is 38.3 Å². The molecule has 1 rings (SSSR count). The van der Waals surface area contributed by atoms with Crippen molar-refractivity contribution in [3.8, 4) is 0 Å². The first-order valence-corrected chi connectivity index (χ1v) is 7.09. The highest BCUT2D eigenvalue weighted by atomic mass is 16.3. The van der Waals surface area contributed by atoms with Gasteiger partial charge in [0.1, 0.15) is 5.82 Å². The van der Waals surface area contributed by atoms with E-state index in [-0.39, 0.29) is 17.9 Å². The second-order valence-corrected chi connectivity index (χ2v) is 5.55. The molecular formula is C15H25N3O2. The molecule has 0 spiro atoms. The fraction of sp³-hybridized carbons (Fsp3) is 0.600. The Morgan fingerprint density at radius 3 is 2.65 bits per heavy atom. The van der Waals surface area contributed by atoms with E-state index in [1.54, 1.807) is 18.3 Å². The Labute approximate surface area is 120 Å². The molecule has 112 valence electrons. The van der Waals surface area contributed by atoms with Crippen molar-refractivity contribution < 1.29 is 9.90 Å². The molecule has 0 saturated heterocycles. The summed E-state index contributed by atoms with van der Waals surface area (Å²) < 4.78 is 0. The average molecular weight is 279 g/mol. The molecule has 5 nitrogen and oxygen atoms in total. The SMILES string of the molecule is CC(C)Nc1ncccc1C(=O)NCCC(O)C(C)C. The molecule has 1 amide bonds. The molecule has 0 saturated carbocycles. The van der Waals surface area contributed by atoms with Crippen LogP contribution in [0.5, 0.6) is 0 Å². The third-order valence-corrected chi connectivity index (χ3v) is 2.97. The van der Waals surface area contributed by atoms with Crippen LogP contribution >= 0.6 is 0 Å². The van der Waals surface area contributed by atoms with E-state index in [1.165, 1.54) is 0 Å². The topological polar surface area (TPSA) is 74.2 Å². The summed E-state index contributed by atoms with van der Waals surface area (Å²) >= 11 is 0. The zero-order valence-electron chi connectivity index (χ0n) is 12.7. The van der Waals surface area contributed by atoms with E-state index >= 15 is 0 Å². The van der Waals surface area contributed by atoms with Crippen LogP contribution in [-0.2, 0) is 0 Å². The van der Waals surface area contributed by atoms with E-state index in [0.29, 0.717) is 24.3 Å². The van der Waals surface area contributed by atoms with Gasteiger partial charge in [0.25, 0.3) is 5.91 Å². The summed E-state index contributed by atoms with van der Waals surface area (Å²) in [7, 11) is 0. The van der Waals surface area contributed by atoms with Crippen molar-refractivity contribution in [2.45, 2.75) is 46.3 Å². The summed E-state index contributed by atoms with van der Waals surface area (Å²) in [6.07, 6.45) is 1.82. The van der Waals surface area contributed by atoms with Gasteiger partial charge in [-0.1, -0.05) is 13.8 Å². The van der Waals surface area contributed by atoms with E-state index in [0.717, 1.165) is 0 Å². The first kappa shape index (κ1) is 16.4. The van der Waals surface area contributed by atoms with E-state index in [1.807, 2.05) is 27.7 Å². The quantitative estimate of drug-likeness (QED) is 0.714. The number of aliphatic hydroxyl groups is 1. The second kappa shape index (κ2) is 7.85. The molecule has 1 unspecified atom stereocenters. The highest BCUT2D eigenvalue weighted by molar-refractivity contribution is 5.98. The van der Waals surface area contributed by atoms with Gasteiger partial charge in [-0.2, -0.15) is 0 Å². The highest BCUT2D eigenvalue weighted by Crippen LogP contribution is 2.12. The molecule has 5 heteroatoms. The summed E-state index contributed by atoms with van der Waals surface area (Å²) in [5, 5.41) is 15.7. The number of anilines is 1. The van der Waals surface area contributed by atoms with E-state index < -0.39 is 6.10 Å². The zero-order chi connectivity index (χ0) is 15.1. The van der Waals surface area contributed by atoms with Crippen molar-refractivity contribution in [3.05, 3.63) is 23.9 Å². The molecule has 0 aliphatic heterocycles. The van der Waals surface area contributed by atoms with Gasteiger partial charge in [0.15, 0.2) is 0 Å². The Bertz CT molecular complexity index is 433. The Hall–Kier alpha value is -1.62. The molecule has 1 atom stereocenters. The Balaban J connectivity index is 2.59. The van der Waals surface area contributed by atoms with E-state index in [4.69, 9.17) is 0 Å². The summed E-state index contributed by atoms with van der Waals surface area (Å²) in [5.41, 5.74) is 0.528. The van der Waals surface area contributed by atoms with Gasteiger partial charge in [-0.15, -0.1) is 0 Å². The predicted molar refractivity (Wildman–Crippen MR) is 80.8 cm³/mol. The van der Waals surface area contributed by atoms with Crippen LogP contribution in [0, 0.1) is 5.92 Å².